The molecule has 130 valence electrons. The number of ether oxygens (including phenoxy) is 2. The van der Waals surface area contributed by atoms with Crippen LogP contribution in [-0.2, 0) is 4.74 Å². The molecule has 2 aromatic rings. The molecule has 0 fully saturated rings. The standard InChI is InChI=1S/C20H20ClNO3/c1-3-25-20(23)14-9-13(11-22-12-14)16-5-4-6-17(16)18-10-15(21)7-8-19(18)24-2/h7-12H,3-6H2,1-2H3. The van der Waals surface area contributed by atoms with Crippen LogP contribution in [0.25, 0.3) is 11.1 Å². The molecule has 0 saturated carbocycles. The molecule has 0 radical (unpaired) electrons. The number of halogens is 1. The van der Waals surface area contributed by atoms with Crippen LogP contribution in [0.4, 0.5) is 0 Å². The highest BCUT2D eigenvalue weighted by Crippen LogP contribution is 2.43. The highest BCUT2D eigenvalue weighted by Gasteiger charge is 2.21. The van der Waals surface area contributed by atoms with E-state index < -0.39 is 0 Å². The van der Waals surface area contributed by atoms with E-state index in [1.807, 2.05) is 24.3 Å². The van der Waals surface area contributed by atoms with E-state index >= 15 is 0 Å². The maximum absolute atomic E-state index is 12.0. The van der Waals surface area contributed by atoms with Crippen molar-refractivity contribution >= 4 is 28.7 Å². The van der Waals surface area contributed by atoms with Crippen molar-refractivity contribution in [2.45, 2.75) is 26.2 Å². The van der Waals surface area contributed by atoms with Gasteiger partial charge in [0.2, 0.25) is 0 Å². The molecule has 1 aromatic heterocycles. The second-order valence-electron chi connectivity index (χ2n) is 5.84. The molecule has 0 bridgehead atoms. The molecule has 5 heteroatoms. The summed E-state index contributed by atoms with van der Waals surface area (Å²) in [4.78, 5) is 16.2. The molecule has 3 rings (SSSR count). The Balaban J connectivity index is 2.07. The Labute approximate surface area is 152 Å². The monoisotopic (exact) mass is 357 g/mol. The lowest BCUT2D eigenvalue weighted by Gasteiger charge is -2.13. The van der Waals surface area contributed by atoms with E-state index in [0.717, 1.165) is 36.1 Å². The Morgan fingerprint density at radius 3 is 2.76 bits per heavy atom. The molecule has 0 atom stereocenters. The van der Waals surface area contributed by atoms with Gasteiger partial charge in [0.15, 0.2) is 0 Å². The summed E-state index contributed by atoms with van der Waals surface area (Å²) in [5.74, 6) is 0.450. The third kappa shape index (κ3) is 3.69. The average Bonchev–Trinajstić information content (AvgIpc) is 3.11. The van der Waals surface area contributed by atoms with Crippen molar-refractivity contribution in [2.75, 3.05) is 13.7 Å². The van der Waals surface area contributed by atoms with Crippen molar-refractivity contribution in [1.82, 2.24) is 4.98 Å². The van der Waals surface area contributed by atoms with Gasteiger partial charge in [0.05, 0.1) is 19.3 Å². The van der Waals surface area contributed by atoms with Crippen LogP contribution in [0.15, 0.2) is 36.7 Å². The normalized spacial score (nSPS) is 13.9. The van der Waals surface area contributed by atoms with Crippen LogP contribution in [0.5, 0.6) is 5.75 Å². The zero-order valence-electron chi connectivity index (χ0n) is 14.3. The summed E-state index contributed by atoms with van der Waals surface area (Å²) in [7, 11) is 1.66. The number of aromatic nitrogens is 1. The Hall–Kier alpha value is -2.33. The van der Waals surface area contributed by atoms with Gasteiger partial charge in [0, 0.05) is 23.0 Å². The lowest BCUT2D eigenvalue weighted by molar-refractivity contribution is 0.0526. The summed E-state index contributed by atoms with van der Waals surface area (Å²) in [6.07, 6.45) is 6.25. The molecular formula is C20H20ClNO3. The zero-order chi connectivity index (χ0) is 17.8. The first-order valence-corrected chi connectivity index (χ1v) is 8.70. The fourth-order valence-electron chi connectivity index (χ4n) is 3.21. The van der Waals surface area contributed by atoms with Gasteiger partial charge in [-0.2, -0.15) is 0 Å². The molecule has 1 aromatic carbocycles. The van der Waals surface area contributed by atoms with Gasteiger partial charge in [-0.15, -0.1) is 0 Å². The number of benzene rings is 1. The lowest BCUT2D eigenvalue weighted by Crippen LogP contribution is -2.05. The number of hydrogen-bond acceptors (Lipinski definition) is 4. The molecule has 4 nitrogen and oxygen atoms in total. The van der Waals surface area contributed by atoms with E-state index in [9.17, 15) is 4.79 Å². The first-order chi connectivity index (χ1) is 12.1. The molecular weight excluding hydrogens is 338 g/mol. The van der Waals surface area contributed by atoms with Gasteiger partial charge in [-0.1, -0.05) is 11.6 Å². The minimum atomic E-state index is -0.350. The highest BCUT2D eigenvalue weighted by molar-refractivity contribution is 6.30. The van der Waals surface area contributed by atoms with Crippen LogP contribution >= 0.6 is 11.6 Å². The third-order valence-electron chi connectivity index (χ3n) is 4.30. The molecule has 0 N–H and O–H groups in total. The summed E-state index contributed by atoms with van der Waals surface area (Å²) in [5, 5.41) is 0.674. The number of esters is 1. The van der Waals surface area contributed by atoms with Crippen LogP contribution < -0.4 is 4.74 Å². The molecule has 0 amide bonds. The van der Waals surface area contributed by atoms with E-state index in [0.29, 0.717) is 17.2 Å². The van der Waals surface area contributed by atoms with E-state index in [2.05, 4.69) is 4.98 Å². The van der Waals surface area contributed by atoms with Gasteiger partial charge >= 0.3 is 5.97 Å². The molecule has 0 aliphatic heterocycles. The van der Waals surface area contributed by atoms with E-state index in [1.54, 1.807) is 20.2 Å². The van der Waals surface area contributed by atoms with Crippen LogP contribution in [-0.4, -0.2) is 24.7 Å². The number of hydrogen-bond donors (Lipinski definition) is 0. The fraction of sp³-hybridized carbons (Fsp3) is 0.300. The zero-order valence-corrected chi connectivity index (χ0v) is 15.1. The molecule has 1 aliphatic carbocycles. The number of pyridine rings is 1. The van der Waals surface area contributed by atoms with Crippen molar-refractivity contribution in [2.24, 2.45) is 0 Å². The summed E-state index contributed by atoms with van der Waals surface area (Å²) in [6.45, 7) is 2.13. The molecule has 0 unspecified atom stereocenters. The minimum absolute atomic E-state index is 0.344. The first-order valence-electron chi connectivity index (χ1n) is 8.32. The summed E-state index contributed by atoms with van der Waals surface area (Å²) in [5.41, 5.74) is 4.79. The number of rotatable bonds is 5. The number of carbonyl (C=O) groups is 1. The largest absolute Gasteiger partial charge is 0.496 e. The maximum atomic E-state index is 12.0. The molecule has 25 heavy (non-hydrogen) atoms. The van der Waals surface area contributed by atoms with Crippen LogP contribution in [0.2, 0.25) is 5.02 Å². The smallest absolute Gasteiger partial charge is 0.339 e. The van der Waals surface area contributed by atoms with Gasteiger partial charge < -0.3 is 9.47 Å². The van der Waals surface area contributed by atoms with Crippen LogP contribution in [0.3, 0.4) is 0 Å². The number of carbonyl (C=O) groups excluding carboxylic acids is 1. The number of allylic oxidation sites excluding steroid dienone is 2. The highest BCUT2D eigenvalue weighted by atomic mass is 35.5. The third-order valence-corrected chi connectivity index (χ3v) is 4.54. The maximum Gasteiger partial charge on any atom is 0.339 e. The molecule has 0 saturated heterocycles. The fourth-order valence-corrected chi connectivity index (χ4v) is 3.38. The lowest BCUT2D eigenvalue weighted by atomic mass is 9.96. The molecule has 1 aliphatic rings. The first kappa shape index (κ1) is 17.5. The van der Waals surface area contributed by atoms with E-state index in [-0.39, 0.29) is 5.97 Å². The summed E-state index contributed by atoms with van der Waals surface area (Å²) in [6, 6.07) is 7.49. The van der Waals surface area contributed by atoms with Gasteiger partial charge in [-0.05, 0) is 67.2 Å². The average molecular weight is 358 g/mol. The van der Waals surface area contributed by atoms with Crippen molar-refractivity contribution in [3.05, 3.63) is 58.4 Å². The van der Waals surface area contributed by atoms with Crippen molar-refractivity contribution in [3.8, 4) is 5.75 Å². The molecule has 0 spiro atoms. The summed E-state index contributed by atoms with van der Waals surface area (Å²) >= 11 is 6.20. The van der Waals surface area contributed by atoms with Gasteiger partial charge in [0.25, 0.3) is 0 Å². The minimum Gasteiger partial charge on any atom is -0.496 e. The predicted molar refractivity (Wildman–Crippen MR) is 98.9 cm³/mol. The Morgan fingerprint density at radius 1 is 1.20 bits per heavy atom. The second-order valence-corrected chi connectivity index (χ2v) is 6.27. The van der Waals surface area contributed by atoms with Gasteiger partial charge in [-0.25, -0.2) is 4.79 Å². The SMILES string of the molecule is CCOC(=O)c1cncc(C2=C(c3cc(Cl)ccc3OC)CCC2)c1. The van der Waals surface area contributed by atoms with E-state index in [1.165, 1.54) is 17.3 Å². The van der Waals surface area contributed by atoms with Crippen molar-refractivity contribution in [1.29, 1.82) is 0 Å². The quantitative estimate of drug-likeness (QED) is 0.705. The van der Waals surface area contributed by atoms with E-state index in [4.69, 9.17) is 21.1 Å². The Morgan fingerprint density at radius 2 is 2.00 bits per heavy atom. The number of nitrogens with zero attached hydrogens (tertiary/aromatic N) is 1. The van der Waals surface area contributed by atoms with Gasteiger partial charge in [-0.3, -0.25) is 4.98 Å². The second kappa shape index (κ2) is 7.70. The Kier molecular flexibility index (Phi) is 5.39. The van der Waals surface area contributed by atoms with Crippen molar-refractivity contribution < 1.29 is 14.3 Å². The topological polar surface area (TPSA) is 48.4 Å². The molecule has 1 heterocycles. The number of methoxy groups -OCH3 is 1. The van der Waals surface area contributed by atoms with Crippen LogP contribution in [0, 0.1) is 0 Å². The van der Waals surface area contributed by atoms with Crippen LogP contribution in [0.1, 0.15) is 47.7 Å². The Bertz CT molecular complexity index is 829. The summed E-state index contributed by atoms with van der Waals surface area (Å²) < 4.78 is 10.6. The van der Waals surface area contributed by atoms with Gasteiger partial charge in [0.1, 0.15) is 5.75 Å². The van der Waals surface area contributed by atoms with Crippen molar-refractivity contribution in [3.63, 3.8) is 0 Å². The predicted octanol–water partition coefficient (Wildman–Crippen LogP) is 5.02.